The second kappa shape index (κ2) is 9.68. The van der Waals surface area contributed by atoms with E-state index >= 15 is 0 Å². The Kier molecular flexibility index (Phi) is 9.36. The van der Waals surface area contributed by atoms with Crippen LogP contribution in [0.5, 0.6) is 0 Å². The van der Waals surface area contributed by atoms with Crippen molar-refractivity contribution in [3.63, 3.8) is 0 Å². The molecule has 2 nitrogen and oxygen atoms in total. The maximum absolute atomic E-state index is 11.9. The lowest BCUT2D eigenvalue weighted by Gasteiger charge is -2.18. The van der Waals surface area contributed by atoms with Gasteiger partial charge in [-0.05, 0) is 18.8 Å². The minimum Gasteiger partial charge on any atom is -0.356 e. The van der Waals surface area contributed by atoms with Crippen LogP contribution in [0.25, 0.3) is 0 Å². The van der Waals surface area contributed by atoms with Gasteiger partial charge in [0.05, 0.1) is 0 Å². The molecule has 0 saturated heterocycles. The third-order valence-electron chi connectivity index (χ3n) is 3.36. The van der Waals surface area contributed by atoms with E-state index in [-0.39, 0.29) is 11.8 Å². The summed E-state index contributed by atoms with van der Waals surface area (Å²) < 4.78 is 0. The van der Waals surface area contributed by atoms with Crippen LogP contribution in [0.15, 0.2) is 0 Å². The van der Waals surface area contributed by atoms with Gasteiger partial charge in [0.1, 0.15) is 0 Å². The monoisotopic (exact) mass is 227 g/mol. The minimum absolute atomic E-state index is 0.240. The summed E-state index contributed by atoms with van der Waals surface area (Å²) in [6, 6.07) is 0. The third kappa shape index (κ3) is 6.14. The number of carbonyl (C=O) groups is 1. The summed E-state index contributed by atoms with van der Waals surface area (Å²) in [4.78, 5) is 11.9. The van der Waals surface area contributed by atoms with Crippen molar-refractivity contribution in [1.29, 1.82) is 0 Å². The van der Waals surface area contributed by atoms with Crippen molar-refractivity contribution in [1.82, 2.24) is 5.32 Å². The van der Waals surface area contributed by atoms with Gasteiger partial charge in [-0.3, -0.25) is 4.79 Å². The fourth-order valence-corrected chi connectivity index (χ4v) is 2.07. The Hall–Kier alpha value is -0.530. The van der Waals surface area contributed by atoms with E-state index in [9.17, 15) is 4.79 Å². The highest BCUT2D eigenvalue weighted by Gasteiger charge is 2.16. The SMILES string of the molecule is CCCC(CCC)C(=O)NCC(CC)CC. The van der Waals surface area contributed by atoms with Crippen molar-refractivity contribution in [2.45, 2.75) is 66.2 Å². The average molecular weight is 227 g/mol. The normalized spacial score (nSPS) is 11.1. The first kappa shape index (κ1) is 15.5. The molecule has 1 amide bonds. The molecule has 0 fully saturated rings. The highest BCUT2D eigenvalue weighted by atomic mass is 16.1. The highest BCUT2D eigenvalue weighted by Crippen LogP contribution is 2.14. The van der Waals surface area contributed by atoms with Gasteiger partial charge in [-0.25, -0.2) is 0 Å². The van der Waals surface area contributed by atoms with Gasteiger partial charge in [-0.15, -0.1) is 0 Å². The van der Waals surface area contributed by atoms with Crippen LogP contribution >= 0.6 is 0 Å². The molecule has 1 N–H and O–H groups in total. The fourth-order valence-electron chi connectivity index (χ4n) is 2.07. The van der Waals surface area contributed by atoms with Crippen molar-refractivity contribution in [3.05, 3.63) is 0 Å². The predicted octanol–water partition coefficient (Wildman–Crippen LogP) is 3.76. The number of rotatable bonds is 9. The lowest BCUT2D eigenvalue weighted by molar-refractivity contribution is -0.125. The quantitative estimate of drug-likeness (QED) is 0.638. The molecule has 96 valence electrons. The molecule has 2 heteroatoms. The Morgan fingerprint density at radius 3 is 1.88 bits per heavy atom. The molecule has 0 aromatic heterocycles. The summed E-state index contributed by atoms with van der Waals surface area (Å²) in [5.74, 6) is 1.16. The summed E-state index contributed by atoms with van der Waals surface area (Å²) in [6.07, 6.45) is 6.57. The van der Waals surface area contributed by atoms with Crippen LogP contribution in [0, 0.1) is 11.8 Å². The first-order valence-corrected chi connectivity index (χ1v) is 6.97. The second-order valence-electron chi connectivity index (χ2n) is 4.70. The fraction of sp³-hybridized carbons (Fsp3) is 0.929. The molecule has 16 heavy (non-hydrogen) atoms. The van der Waals surface area contributed by atoms with Gasteiger partial charge in [0, 0.05) is 12.5 Å². The van der Waals surface area contributed by atoms with E-state index in [0.29, 0.717) is 5.92 Å². The van der Waals surface area contributed by atoms with Crippen LogP contribution in [0.2, 0.25) is 0 Å². The zero-order chi connectivity index (χ0) is 12.4. The summed E-state index contributed by atoms with van der Waals surface area (Å²) in [5.41, 5.74) is 0. The van der Waals surface area contributed by atoms with Crippen molar-refractivity contribution in [2.75, 3.05) is 6.54 Å². The zero-order valence-corrected chi connectivity index (χ0v) is 11.5. The number of carbonyl (C=O) groups excluding carboxylic acids is 1. The van der Waals surface area contributed by atoms with E-state index in [1.54, 1.807) is 0 Å². The Morgan fingerprint density at radius 1 is 1.00 bits per heavy atom. The smallest absolute Gasteiger partial charge is 0.223 e. The molecule has 0 rings (SSSR count). The molecule has 0 atom stereocenters. The van der Waals surface area contributed by atoms with E-state index in [4.69, 9.17) is 0 Å². The van der Waals surface area contributed by atoms with Crippen molar-refractivity contribution in [2.24, 2.45) is 11.8 Å². The summed E-state index contributed by atoms with van der Waals surface area (Å²) >= 11 is 0. The first-order valence-electron chi connectivity index (χ1n) is 6.97. The largest absolute Gasteiger partial charge is 0.356 e. The number of nitrogens with one attached hydrogen (secondary N) is 1. The summed E-state index contributed by atoms with van der Waals surface area (Å²) in [6.45, 7) is 9.54. The van der Waals surface area contributed by atoms with Crippen LogP contribution in [-0.2, 0) is 4.79 Å². The molecule has 0 aliphatic carbocycles. The Morgan fingerprint density at radius 2 is 1.50 bits per heavy atom. The van der Waals surface area contributed by atoms with E-state index in [1.807, 2.05) is 0 Å². The molecular weight excluding hydrogens is 198 g/mol. The zero-order valence-electron chi connectivity index (χ0n) is 11.5. The first-order chi connectivity index (χ1) is 7.69. The number of hydrogen-bond acceptors (Lipinski definition) is 1. The second-order valence-corrected chi connectivity index (χ2v) is 4.70. The van der Waals surface area contributed by atoms with E-state index in [2.05, 4.69) is 33.0 Å². The molecule has 0 heterocycles. The summed E-state index contributed by atoms with van der Waals surface area (Å²) in [7, 11) is 0. The van der Waals surface area contributed by atoms with E-state index in [1.165, 1.54) is 0 Å². The molecule has 0 saturated carbocycles. The van der Waals surface area contributed by atoms with Gasteiger partial charge in [0.15, 0.2) is 0 Å². The maximum Gasteiger partial charge on any atom is 0.223 e. The predicted molar refractivity (Wildman–Crippen MR) is 70.4 cm³/mol. The molecule has 0 bridgehead atoms. The lowest BCUT2D eigenvalue weighted by atomic mass is 9.96. The van der Waals surface area contributed by atoms with E-state index in [0.717, 1.165) is 45.1 Å². The lowest BCUT2D eigenvalue weighted by Crippen LogP contribution is -2.34. The molecular formula is C14H29NO. The van der Waals surface area contributed by atoms with Gasteiger partial charge in [-0.1, -0.05) is 53.4 Å². The maximum atomic E-state index is 11.9. The number of hydrogen-bond donors (Lipinski definition) is 1. The van der Waals surface area contributed by atoms with Gasteiger partial charge >= 0.3 is 0 Å². The van der Waals surface area contributed by atoms with Crippen molar-refractivity contribution < 1.29 is 4.79 Å². The van der Waals surface area contributed by atoms with Crippen molar-refractivity contribution >= 4 is 5.91 Å². The molecule has 0 radical (unpaired) electrons. The standard InChI is InChI=1S/C14H29NO/c1-5-9-13(10-6-2)14(16)15-11-12(7-3)8-4/h12-13H,5-11H2,1-4H3,(H,15,16). The molecule has 0 aliphatic rings. The Balaban J connectivity index is 3.98. The third-order valence-corrected chi connectivity index (χ3v) is 3.36. The molecule has 0 unspecified atom stereocenters. The highest BCUT2D eigenvalue weighted by molar-refractivity contribution is 5.78. The molecule has 0 aliphatic heterocycles. The van der Waals surface area contributed by atoms with Crippen LogP contribution in [0.1, 0.15) is 66.2 Å². The van der Waals surface area contributed by atoms with Gasteiger partial charge in [0.25, 0.3) is 0 Å². The van der Waals surface area contributed by atoms with Crippen LogP contribution in [0.3, 0.4) is 0 Å². The van der Waals surface area contributed by atoms with Gasteiger partial charge in [0.2, 0.25) is 5.91 Å². The number of amides is 1. The topological polar surface area (TPSA) is 29.1 Å². The summed E-state index contributed by atoms with van der Waals surface area (Å²) in [5, 5.41) is 3.12. The van der Waals surface area contributed by atoms with Crippen LogP contribution in [0.4, 0.5) is 0 Å². The minimum atomic E-state index is 0.240. The van der Waals surface area contributed by atoms with Crippen LogP contribution in [-0.4, -0.2) is 12.5 Å². The van der Waals surface area contributed by atoms with Gasteiger partial charge < -0.3 is 5.32 Å². The molecule has 0 spiro atoms. The molecule has 0 aromatic carbocycles. The Labute approximate surface area is 101 Å². The van der Waals surface area contributed by atoms with E-state index < -0.39 is 0 Å². The van der Waals surface area contributed by atoms with Crippen molar-refractivity contribution in [3.8, 4) is 0 Å². The molecule has 0 aromatic rings. The average Bonchev–Trinajstić information content (AvgIpc) is 2.30. The van der Waals surface area contributed by atoms with Crippen LogP contribution < -0.4 is 5.32 Å². The van der Waals surface area contributed by atoms with Gasteiger partial charge in [-0.2, -0.15) is 0 Å². The Bertz CT molecular complexity index is 170.